The van der Waals surface area contributed by atoms with E-state index in [9.17, 15) is 4.79 Å². The molecule has 1 aromatic carbocycles. The smallest absolute Gasteiger partial charge is 0.177 e. The zero-order valence-corrected chi connectivity index (χ0v) is 12.8. The van der Waals surface area contributed by atoms with Crippen LogP contribution >= 0.6 is 0 Å². The van der Waals surface area contributed by atoms with Crippen LogP contribution in [-0.2, 0) is 4.74 Å². The van der Waals surface area contributed by atoms with Gasteiger partial charge in [0.2, 0.25) is 0 Å². The first-order valence-corrected chi connectivity index (χ1v) is 7.43. The maximum Gasteiger partial charge on any atom is 0.177 e. The average molecular weight is 275 g/mol. The minimum atomic E-state index is 0.191. The second-order valence-electron chi connectivity index (χ2n) is 6.00. The molecule has 2 rings (SSSR count). The fourth-order valence-corrected chi connectivity index (χ4v) is 2.20. The van der Waals surface area contributed by atoms with Gasteiger partial charge in [0, 0.05) is 18.7 Å². The quantitative estimate of drug-likeness (QED) is 0.540. The Hall–Kier alpha value is -1.19. The molecule has 0 saturated heterocycles. The minimum Gasteiger partial charge on any atom is -0.380 e. The number of likely N-dealkylation sites (N-methyl/N-ethyl adjacent to an activating group) is 1. The van der Waals surface area contributed by atoms with Crippen LogP contribution < -0.4 is 0 Å². The summed E-state index contributed by atoms with van der Waals surface area (Å²) < 4.78 is 5.61. The largest absolute Gasteiger partial charge is 0.380 e. The monoisotopic (exact) mass is 275 g/mol. The molecule has 0 atom stereocenters. The molecule has 0 unspecified atom stereocenters. The van der Waals surface area contributed by atoms with Crippen molar-refractivity contribution in [2.75, 3.05) is 33.4 Å². The van der Waals surface area contributed by atoms with Gasteiger partial charge in [0.15, 0.2) is 5.78 Å². The summed E-state index contributed by atoms with van der Waals surface area (Å²) in [5.74, 6) is 0.993. The third kappa shape index (κ3) is 4.73. The second kappa shape index (κ2) is 7.00. The van der Waals surface area contributed by atoms with Gasteiger partial charge in [-0.3, -0.25) is 9.69 Å². The van der Waals surface area contributed by atoms with Crippen LogP contribution in [0.3, 0.4) is 0 Å². The highest BCUT2D eigenvalue weighted by Crippen LogP contribution is 2.28. The van der Waals surface area contributed by atoms with Crippen LogP contribution in [0.15, 0.2) is 18.2 Å². The Morgan fingerprint density at radius 1 is 1.35 bits per heavy atom. The lowest BCUT2D eigenvalue weighted by Gasteiger charge is -2.16. The molecule has 1 aliphatic carbocycles. The Labute approximate surface area is 121 Å². The zero-order valence-electron chi connectivity index (χ0n) is 12.8. The molecule has 110 valence electrons. The first-order valence-electron chi connectivity index (χ1n) is 7.43. The Balaban J connectivity index is 1.75. The fourth-order valence-electron chi connectivity index (χ4n) is 2.20. The Kier molecular flexibility index (Phi) is 5.32. The predicted molar refractivity (Wildman–Crippen MR) is 81.3 cm³/mol. The number of nitrogens with zero attached hydrogens (tertiary/aromatic N) is 1. The highest BCUT2D eigenvalue weighted by molar-refractivity contribution is 5.99. The number of ketones is 1. The molecule has 1 aliphatic rings. The number of Topliss-reactive ketones (excluding diaryl/α,β-unsaturated/α-hetero) is 1. The van der Waals surface area contributed by atoms with Crippen LogP contribution in [0.4, 0.5) is 0 Å². The van der Waals surface area contributed by atoms with Crippen molar-refractivity contribution in [1.29, 1.82) is 0 Å². The summed E-state index contributed by atoms with van der Waals surface area (Å²) in [6.45, 7) is 6.88. The number of rotatable bonds is 8. The van der Waals surface area contributed by atoms with Crippen LogP contribution in [0.25, 0.3) is 0 Å². The van der Waals surface area contributed by atoms with E-state index in [0.29, 0.717) is 13.2 Å². The van der Waals surface area contributed by atoms with E-state index in [1.165, 1.54) is 12.8 Å². The first-order chi connectivity index (χ1) is 9.56. The van der Waals surface area contributed by atoms with Gasteiger partial charge in [-0.05, 0) is 51.3 Å². The maximum atomic E-state index is 12.3. The molecule has 1 fully saturated rings. The van der Waals surface area contributed by atoms with Crippen LogP contribution in [-0.4, -0.2) is 44.0 Å². The van der Waals surface area contributed by atoms with Crippen LogP contribution in [0.2, 0.25) is 0 Å². The molecule has 3 nitrogen and oxygen atoms in total. The van der Waals surface area contributed by atoms with E-state index >= 15 is 0 Å². The molecular formula is C17H25NO2. The van der Waals surface area contributed by atoms with Gasteiger partial charge in [-0.15, -0.1) is 0 Å². The first kappa shape index (κ1) is 15.2. The molecule has 20 heavy (non-hydrogen) atoms. The lowest BCUT2D eigenvalue weighted by Crippen LogP contribution is -2.29. The molecule has 1 aromatic rings. The molecule has 3 heteroatoms. The zero-order chi connectivity index (χ0) is 14.5. The Bertz CT molecular complexity index is 466. The van der Waals surface area contributed by atoms with Gasteiger partial charge in [-0.1, -0.05) is 17.7 Å². The van der Waals surface area contributed by atoms with Gasteiger partial charge in [0.25, 0.3) is 0 Å². The minimum absolute atomic E-state index is 0.191. The van der Waals surface area contributed by atoms with Crippen molar-refractivity contribution in [3.05, 3.63) is 34.9 Å². The molecule has 0 radical (unpaired) electrons. The summed E-state index contributed by atoms with van der Waals surface area (Å²) in [5.41, 5.74) is 3.03. The molecule has 1 saturated carbocycles. The number of ether oxygens (including phenoxy) is 1. The highest BCUT2D eigenvalue weighted by atomic mass is 16.5. The number of carbonyl (C=O) groups excluding carboxylic acids is 1. The van der Waals surface area contributed by atoms with E-state index in [0.717, 1.165) is 35.8 Å². The van der Waals surface area contributed by atoms with Crippen molar-refractivity contribution in [2.45, 2.75) is 26.7 Å². The van der Waals surface area contributed by atoms with Gasteiger partial charge < -0.3 is 4.74 Å². The number of carbonyl (C=O) groups is 1. The Morgan fingerprint density at radius 3 is 2.80 bits per heavy atom. The summed E-state index contributed by atoms with van der Waals surface area (Å²) in [4.78, 5) is 14.3. The summed E-state index contributed by atoms with van der Waals surface area (Å²) in [6.07, 6.45) is 2.64. The molecule has 0 aliphatic heterocycles. The van der Waals surface area contributed by atoms with Crippen LogP contribution in [0.5, 0.6) is 0 Å². The van der Waals surface area contributed by atoms with E-state index in [1.807, 2.05) is 44.0 Å². The van der Waals surface area contributed by atoms with E-state index < -0.39 is 0 Å². The van der Waals surface area contributed by atoms with E-state index in [-0.39, 0.29) is 5.78 Å². The number of aryl methyl sites for hydroxylation is 2. The average Bonchev–Trinajstić information content (AvgIpc) is 3.21. The predicted octanol–water partition coefficient (Wildman–Crippen LogP) is 2.84. The van der Waals surface area contributed by atoms with Crippen molar-refractivity contribution in [1.82, 2.24) is 4.90 Å². The van der Waals surface area contributed by atoms with E-state index in [1.54, 1.807) is 0 Å². The molecule has 0 amide bonds. The molecule has 0 spiro atoms. The number of hydrogen-bond donors (Lipinski definition) is 0. The van der Waals surface area contributed by atoms with Gasteiger partial charge in [-0.25, -0.2) is 0 Å². The topological polar surface area (TPSA) is 29.5 Å². The fraction of sp³-hybridized carbons (Fsp3) is 0.588. The molecule has 0 aromatic heterocycles. The third-order valence-electron chi connectivity index (χ3n) is 3.77. The summed E-state index contributed by atoms with van der Waals surface area (Å²) >= 11 is 0. The normalized spacial score (nSPS) is 14.8. The number of hydrogen-bond acceptors (Lipinski definition) is 3. The molecular weight excluding hydrogens is 250 g/mol. The van der Waals surface area contributed by atoms with Gasteiger partial charge >= 0.3 is 0 Å². The van der Waals surface area contributed by atoms with Crippen molar-refractivity contribution in [3.8, 4) is 0 Å². The van der Waals surface area contributed by atoms with Crippen LogP contribution in [0.1, 0.15) is 34.3 Å². The lowest BCUT2D eigenvalue weighted by atomic mass is 10.0. The SMILES string of the molecule is Cc1ccc(C)c(C(=O)CN(C)CCOCC2CC2)c1. The van der Waals surface area contributed by atoms with E-state index in [4.69, 9.17) is 4.74 Å². The third-order valence-corrected chi connectivity index (χ3v) is 3.77. The van der Waals surface area contributed by atoms with Crippen molar-refractivity contribution in [3.63, 3.8) is 0 Å². The number of benzene rings is 1. The standard InChI is InChI=1S/C17H25NO2/c1-13-4-5-14(2)16(10-13)17(19)11-18(3)8-9-20-12-15-6-7-15/h4-5,10,15H,6-9,11-12H2,1-3H3. The molecule has 0 bridgehead atoms. The van der Waals surface area contributed by atoms with Gasteiger partial charge in [-0.2, -0.15) is 0 Å². The maximum absolute atomic E-state index is 12.3. The molecule has 0 heterocycles. The highest BCUT2D eigenvalue weighted by Gasteiger charge is 2.21. The molecule has 0 N–H and O–H groups in total. The lowest BCUT2D eigenvalue weighted by molar-refractivity contribution is 0.0860. The van der Waals surface area contributed by atoms with Gasteiger partial charge in [0.1, 0.15) is 0 Å². The van der Waals surface area contributed by atoms with Crippen molar-refractivity contribution < 1.29 is 9.53 Å². The van der Waals surface area contributed by atoms with Crippen molar-refractivity contribution >= 4 is 5.78 Å². The Morgan fingerprint density at radius 2 is 2.10 bits per heavy atom. The van der Waals surface area contributed by atoms with E-state index in [2.05, 4.69) is 0 Å². The van der Waals surface area contributed by atoms with Crippen LogP contribution in [0, 0.1) is 19.8 Å². The summed E-state index contributed by atoms with van der Waals surface area (Å²) in [7, 11) is 1.98. The summed E-state index contributed by atoms with van der Waals surface area (Å²) in [5, 5.41) is 0. The second-order valence-corrected chi connectivity index (χ2v) is 6.00. The van der Waals surface area contributed by atoms with Gasteiger partial charge in [0.05, 0.1) is 13.2 Å². The van der Waals surface area contributed by atoms with Crippen molar-refractivity contribution in [2.24, 2.45) is 5.92 Å². The summed E-state index contributed by atoms with van der Waals surface area (Å²) in [6, 6.07) is 6.04.